The second-order valence-electron chi connectivity index (χ2n) is 4.94. The molecule has 0 aliphatic carbocycles. The summed E-state index contributed by atoms with van der Waals surface area (Å²) in [5, 5.41) is 13.7. The Hall–Kier alpha value is -1.43. The van der Waals surface area contributed by atoms with Gasteiger partial charge in [0.15, 0.2) is 0 Å². The summed E-state index contributed by atoms with van der Waals surface area (Å²) in [7, 11) is 1.72. The van der Waals surface area contributed by atoms with Gasteiger partial charge in [-0.15, -0.1) is 11.3 Å². The highest BCUT2D eigenvalue weighted by atomic mass is 32.1. The van der Waals surface area contributed by atoms with Crippen molar-refractivity contribution in [1.82, 2.24) is 5.32 Å². The zero-order chi connectivity index (χ0) is 15.1. The summed E-state index contributed by atoms with van der Waals surface area (Å²) < 4.78 is 6.05. The second kappa shape index (κ2) is 8.12. The van der Waals surface area contributed by atoms with Crippen LogP contribution in [0.5, 0.6) is 0 Å². The van der Waals surface area contributed by atoms with Crippen molar-refractivity contribution < 1.29 is 14.6 Å². The molecular weight excluding hydrogens is 286 g/mol. The van der Waals surface area contributed by atoms with Crippen molar-refractivity contribution in [2.45, 2.75) is 25.8 Å². The number of benzene rings is 1. The van der Waals surface area contributed by atoms with Gasteiger partial charge < -0.3 is 15.2 Å². The molecule has 0 aliphatic heterocycles. The van der Waals surface area contributed by atoms with Crippen LogP contribution >= 0.6 is 11.3 Å². The first kappa shape index (κ1) is 15.9. The quantitative estimate of drug-likeness (QED) is 0.696. The minimum absolute atomic E-state index is 0.447. The van der Waals surface area contributed by atoms with E-state index in [1.807, 2.05) is 24.3 Å². The monoisotopic (exact) mass is 307 g/mol. The van der Waals surface area contributed by atoms with Crippen LogP contribution in [0.3, 0.4) is 0 Å². The zero-order valence-corrected chi connectivity index (χ0v) is 13.0. The van der Waals surface area contributed by atoms with Gasteiger partial charge in [0.05, 0.1) is 0 Å². The van der Waals surface area contributed by atoms with Gasteiger partial charge in [-0.05, 0) is 42.8 Å². The molecule has 0 radical (unpaired) electrons. The fourth-order valence-electron chi connectivity index (χ4n) is 2.33. The number of thiophene rings is 1. The molecule has 21 heavy (non-hydrogen) atoms. The molecule has 4 nitrogen and oxygen atoms in total. The van der Waals surface area contributed by atoms with Crippen LogP contribution in [0.4, 0.5) is 0 Å². The molecule has 114 valence electrons. The lowest BCUT2D eigenvalue weighted by atomic mass is 10.1. The van der Waals surface area contributed by atoms with Gasteiger partial charge in [-0.3, -0.25) is 0 Å². The predicted octanol–water partition coefficient (Wildman–Crippen LogP) is 3.51. The van der Waals surface area contributed by atoms with Crippen LogP contribution < -0.4 is 5.32 Å². The SMILES string of the molecule is COCCCCCNCc1c(C(=O)O)sc2ccccc12. The zero-order valence-electron chi connectivity index (χ0n) is 12.2. The average Bonchev–Trinajstić information content (AvgIpc) is 2.85. The lowest BCUT2D eigenvalue weighted by Crippen LogP contribution is -2.16. The third kappa shape index (κ3) is 4.27. The minimum Gasteiger partial charge on any atom is -0.477 e. The van der Waals surface area contributed by atoms with Crippen LogP contribution in [0.2, 0.25) is 0 Å². The van der Waals surface area contributed by atoms with Crippen molar-refractivity contribution in [1.29, 1.82) is 0 Å². The Bertz CT molecular complexity index is 594. The van der Waals surface area contributed by atoms with Gasteiger partial charge in [0.2, 0.25) is 0 Å². The summed E-state index contributed by atoms with van der Waals surface area (Å²) in [4.78, 5) is 11.8. The molecule has 0 bridgehead atoms. The summed E-state index contributed by atoms with van der Waals surface area (Å²) in [6.45, 7) is 2.31. The Labute approximate surface area is 128 Å². The third-order valence-electron chi connectivity index (χ3n) is 3.40. The molecule has 0 atom stereocenters. The van der Waals surface area contributed by atoms with Crippen molar-refractivity contribution in [2.75, 3.05) is 20.3 Å². The normalized spacial score (nSPS) is 11.1. The number of hydrogen-bond acceptors (Lipinski definition) is 4. The Morgan fingerprint density at radius 3 is 2.86 bits per heavy atom. The molecule has 0 fully saturated rings. The highest BCUT2D eigenvalue weighted by Crippen LogP contribution is 2.31. The Morgan fingerprint density at radius 1 is 1.29 bits per heavy atom. The van der Waals surface area contributed by atoms with Gasteiger partial charge in [-0.1, -0.05) is 18.2 Å². The largest absolute Gasteiger partial charge is 0.477 e. The molecule has 0 amide bonds. The fraction of sp³-hybridized carbons (Fsp3) is 0.438. The van der Waals surface area contributed by atoms with E-state index in [2.05, 4.69) is 5.32 Å². The van der Waals surface area contributed by atoms with Gasteiger partial charge in [0, 0.05) is 25.0 Å². The van der Waals surface area contributed by atoms with E-state index < -0.39 is 5.97 Å². The summed E-state index contributed by atoms with van der Waals surface area (Å²) in [5.41, 5.74) is 0.903. The summed E-state index contributed by atoms with van der Waals surface area (Å²) in [6.07, 6.45) is 3.27. The molecule has 1 heterocycles. The van der Waals surface area contributed by atoms with Gasteiger partial charge in [0.1, 0.15) is 4.88 Å². The standard InChI is InChI=1S/C16H21NO3S/c1-20-10-6-2-5-9-17-11-13-12-7-3-4-8-14(12)21-15(13)16(18)19/h3-4,7-8,17H,2,5-6,9-11H2,1H3,(H,18,19). The van der Waals surface area contributed by atoms with E-state index in [1.54, 1.807) is 7.11 Å². The van der Waals surface area contributed by atoms with Crippen LogP contribution in [0.1, 0.15) is 34.5 Å². The first-order chi connectivity index (χ1) is 10.2. The van der Waals surface area contributed by atoms with Crippen LogP contribution in [0.25, 0.3) is 10.1 Å². The maximum Gasteiger partial charge on any atom is 0.346 e. The molecule has 1 aromatic carbocycles. The number of unbranched alkanes of at least 4 members (excludes halogenated alkanes) is 2. The Kier molecular flexibility index (Phi) is 6.17. The van der Waals surface area contributed by atoms with Gasteiger partial charge in [-0.25, -0.2) is 4.79 Å². The first-order valence-corrected chi connectivity index (χ1v) is 7.99. The van der Waals surface area contributed by atoms with Gasteiger partial charge in [0.25, 0.3) is 0 Å². The maximum atomic E-state index is 11.4. The molecule has 2 N–H and O–H groups in total. The van der Waals surface area contributed by atoms with Crippen LogP contribution in [0.15, 0.2) is 24.3 Å². The Balaban J connectivity index is 1.94. The lowest BCUT2D eigenvalue weighted by Gasteiger charge is -2.05. The van der Waals surface area contributed by atoms with Crippen molar-refractivity contribution in [2.24, 2.45) is 0 Å². The van der Waals surface area contributed by atoms with Crippen LogP contribution in [0, 0.1) is 0 Å². The van der Waals surface area contributed by atoms with E-state index in [-0.39, 0.29) is 0 Å². The lowest BCUT2D eigenvalue weighted by molar-refractivity contribution is 0.0701. The number of aromatic carboxylic acids is 1. The highest BCUT2D eigenvalue weighted by Gasteiger charge is 2.16. The van der Waals surface area contributed by atoms with E-state index in [0.29, 0.717) is 11.4 Å². The van der Waals surface area contributed by atoms with E-state index >= 15 is 0 Å². The minimum atomic E-state index is -0.840. The number of carboxylic acid groups (broad SMARTS) is 1. The molecular formula is C16H21NO3S. The van der Waals surface area contributed by atoms with E-state index in [4.69, 9.17) is 4.74 Å². The van der Waals surface area contributed by atoms with Crippen molar-refractivity contribution in [3.63, 3.8) is 0 Å². The predicted molar refractivity (Wildman–Crippen MR) is 86.2 cm³/mol. The fourth-order valence-corrected chi connectivity index (χ4v) is 3.39. The molecule has 0 spiro atoms. The maximum absolute atomic E-state index is 11.4. The summed E-state index contributed by atoms with van der Waals surface area (Å²) >= 11 is 1.35. The van der Waals surface area contributed by atoms with Crippen LogP contribution in [-0.2, 0) is 11.3 Å². The highest BCUT2D eigenvalue weighted by molar-refractivity contribution is 7.21. The topological polar surface area (TPSA) is 58.6 Å². The van der Waals surface area contributed by atoms with E-state index in [9.17, 15) is 9.90 Å². The van der Waals surface area contributed by atoms with E-state index in [1.165, 1.54) is 11.3 Å². The Morgan fingerprint density at radius 2 is 2.10 bits per heavy atom. The van der Waals surface area contributed by atoms with Gasteiger partial charge in [-0.2, -0.15) is 0 Å². The summed E-state index contributed by atoms with van der Waals surface area (Å²) in [6, 6.07) is 7.86. The molecule has 2 aromatic rings. The molecule has 2 rings (SSSR count). The van der Waals surface area contributed by atoms with E-state index in [0.717, 1.165) is 48.1 Å². The molecule has 0 saturated carbocycles. The average molecular weight is 307 g/mol. The number of rotatable bonds is 9. The van der Waals surface area contributed by atoms with Crippen molar-refractivity contribution in [3.8, 4) is 0 Å². The third-order valence-corrected chi connectivity index (χ3v) is 4.60. The summed E-state index contributed by atoms with van der Waals surface area (Å²) in [5.74, 6) is -0.840. The number of nitrogens with one attached hydrogen (secondary N) is 1. The first-order valence-electron chi connectivity index (χ1n) is 7.17. The number of fused-ring (bicyclic) bond motifs is 1. The molecule has 1 aromatic heterocycles. The number of methoxy groups -OCH3 is 1. The van der Waals surface area contributed by atoms with Crippen molar-refractivity contribution in [3.05, 3.63) is 34.7 Å². The number of carbonyl (C=O) groups is 1. The molecule has 5 heteroatoms. The van der Waals surface area contributed by atoms with Gasteiger partial charge >= 0.3 is 5.97 Å². The van der Waals surface area contributed by atoms with Crippen molar-refractivity contribution >= 4 is 27.4 Å². The molecule has 0 aliphatic rings. The number of hydrogen-bond donors (Lipinski definition) is 2. The van der Waals surface area contributed by atoms with Crippen LogP contribution in [-0.4, -0.2) is 31.3 Å². The number of carboxylic acids is 1. The molecule has 0 saturated heterocycles. The smallest absolute Gasteiger partial charge is 0.346 e. The second-order valence-corrected chi connectivity index (χ2v) is 5.99. The molecule has 0 unspecified atom stereocenters. The number of ether oxygens (including phenoxy) is 1.